The van der Waals surface area contributed by atoms with Gasteiger partial charge < -0.3 is 15.4 Å². The number of benzene rings is 1. The van der Waals surface area contributed by atoms with Crippen molar-refractivity contribution >= 4 is 18.3 Å². The third-order valence-electron chi connectivity index (χ3n) is 3.68. The average Bonchev–Trinajstić information content (AvgIpc) is 2.47. The Morgan fingerprint density at radius 3 is 2.57 bits per heavy atom. The summed E-state index contributed by atoms with van der Waals surface area (Å²) in [4.78, 5) is 11.8. The smallest absolute Gasteiger partial charge is 0.416 e. The quantitative estimate of drug-likeness (QED) is 0.876. The number of carbonyl (C=O) groups is 1. The van der Waals surface area contributed by atoms with E-state index in [4.69, 9.17) is 4.74 Å². The van der Waals surface area contributed by atoms with Gasteiger partial charge in [0.15, 0.2) is 6.61 Å². The molecule has 0 saturated carbocycles. The number of ether oxygens (including phenoxy) is 1. The maximum Gasteiger partial charge on any atom is 0.416 e. The molecule has 4 nitrogen and oxygen atoms in total. The second-order valence-corrected chi connectivity index (χ2v) is 5.45. The summed E-state index contributed by atoms with van der Waals surface area (Å²) in [7, 11) is 0. The van der Waals surface area contributed by atoms with E-state index < -0.39 is 11.7 Å². The molecule has 1 aromatic rings. The van der Waals surface area contributed by atoms with Crippen molar-refractivity contribution < 1.29 is 22.7 Å². The second-order valence-electron chi connectivity index (χ2n) is 5.45. The first kappa shape index (κ1) is 19.6. The Balaban J connectivity index is 0.00000264. The Labute approximate surface area is 139 Å². The Morgan fingerprint density at radius 1 is 1.35 bits per heavy atom. The van der Waals surface area contributed by atoms with Crippen LogP contribution in [0, 0.1) is 5.92 Å². The fraction of sp³-hybridized carbons (Fsp3) is 0.533. The van der Waals surface area contributed by atoms with Gasteiger partial charge in [-0.2, -0.15) is 13.2 Å². The van der Waals surface area contributed by atoms with Gasteiger partial charge in [0, 0.05) is 6.04 Å². The summed E-state index contributed by atoms with van der Waals surface area (Å²) in [5.74, 6) is 0.309. The van der Waals surface area contributed by atoms with E-state index in [1.165, 1.54) is 12.1 Å². The fourth-order valence-corrected chi connectivity index (χ4v) is 2.37. The van der Waals surface area contributed by atoms with Crippen molar-refractivity contribution in [1.29, 1.82) is 0 Å². The van der Waals surface area contributed by atoms with Gasteiger partial charge in [0.2, 0.25) is 0 Å². The zero-order valence-corrected chi connectivity index (χ0v) is 13.5. The lowest BCUT2D eigenvalue weighted by molar-refractivity contribution is -0.137. The summed E-state index contributed by atoms with van der Waals surface area (Å²) in [5.41, 5.74) is -0.743. The summed E-state index contributed by atoms with van der Waals surface area (Å²) in [6, 6.07) is 4.39. The Hall–Kier alpha value is -1.47. The van der Waals surface area contributed by atoms with Crippen molar-refractivity contribution in [2.75, 3.05) is 19.7 Å². The highest BCUT2D eigenvalue weighted by molar-refractivity contribution is 5.85. The number of carbonyl (C=O) groups excluding carboxylic acids is 1. The highest BCUT2D eigenvalue weighted by Crippen LogP contribution is 2.30. The molecule has 2 N–H and O–H groups in total. The second kappa shape index (κ2) is 8.40. The van der Waals surface area contributed by atoms with Crippen molar-refractivity contribution in [3.63, 3.8) is 0 Å². The minimum Gasteiger partial charge on any atom is -0.484 e. The van der Waals surface area contributed by atoms with Crippen molar-refractivity contribution in [3.05, 3.63) is 29.8 Å². The summed E-state index contributed by atoms with van der Waals surface area (Å²) < 4.78 is 42.5. The normalized spacial score (nSPS) is 21.2. The molecule has 23 heavy (non-hydrogen) atoms. The maximum atomic E-state index is 12.4. The lowest BCUT2D eigenvalue weighted by atomic mass is 9.95. The zero-order chi connectivity index (χ0) is 16.2. The minimum absolute atomic E-state index is 0. The highest BCUT2D eigenvalue weighted by Gasteiger charge is 2.30. The fourth-order valence-electron chi connectivity index (χ4n) is 2.37. The van der Waals surface area contributed by atoms with Crippen molar-refractivity contribution in [1.82, 2.24) is 10.6 Å². The molecule has 1 aromatic carbocycles. The molecule has 0 radical (unpaired) electrons. The van der Waals surface area contributed by atoms with Crippen LogP contribution in [0.1, 0.15) is 18.9 Å². The topological polar surface area (TPSA) is 50.4 Å². The first-order chi connectivity index (χ1) is 10.4. The lowest BCUT2D eigenvalue weighted by Crippen LogP contribution is -2.49. The van der Waals surface area contributed by atoms with E-state index in [9.17, 15) is 18.0 Å². The maximum absolute atomic E-state index is 12.4. The van der Waals surface area contributed by atoms with Crippen LogP contribution in [0.15, 0.2) is 24.3 Å². The van der Waals surface area contributed by atoms with Gasteiger partial charge in [-0.3, -0.25) is 4.79 Å². The Morgan fingerprint density at radius 2 is 2.00 bits per heavy atom. The predicted octanol–water partition coefficient (Wildman–Crippen LogP) is 2.62. The van der Waals surface area contributed by atoms with E-state index in [1.807, 2.05) is 6.92 Å². The molecular weight excluding hydrogens is 333 g/mol. The number of hydrogen-bond acceptors (Lipinski definition) is 3. The molecule has 1 aliphatic heterocycles. The lowest BCUT2D eigenvalue weighted by Gasteiger charge is -2.30. The van der Waals surface area contributed by atoms with Crippen LogP contribution in [0.3, 0.4) is 0 Å². The van der Waals surface area contributed by atoms with Gasteiger partial charge >= 0.3 is 6.18 Å². The van der Waals surface area contributed by atoms with Crippen molar-refractivity contribution in [2.45, 2.75) is 25.6 Å². The first-order valence-corrected chi connectivity index (χ1v) is 7.16. The number of amides is 1. The van der Waals surface area contributed by atoms with Crippen LogP contribution in [0.2, 0.25) is 0 Å². The number of hydrogen-bond donors (Lipinski definition) is 2. The van der Waals surface area contributed by atoms with Gasteiger partial charge in [-0.05, 0) is 49.7 Å². The highest BCUT2D eigenvalue weighted by atomic mass is 35.5. The van der Waals surface area contributed by atoms with Crippen LogP contribution >= 0.6 is 12.4 Å². The van der Waals surface area contributed by atoms with Gasteiger partial charge in [0.05, 0.1) is 5.56 Å². The van der Waals surface area contributed by atoms with Gasteiger partial charge in [-0.25, -0.2) is 0 Å². The van der Waals surface area contributed by atoms with Crippen molar-refractivity contribution in [2.24, 2.45) is 5.92 Å². The van der Waals surface area contributed by atoms with E-state index in [0.717, 1.165) is 31.6 Å². The molecule has 0 spiro atoms. The number of piperidine rings is 1. The molecule has 2 atom stereocenters. The van der Waals surface area contributed by atoms with E-state index in [0.29, 0.717) is 5.92 Å². The molecule has 130 valence electrons. The third kappa shape index (κ3) is 5.91. The van der Waals surface area contributed by atoms with Gasteiger partial charge in [-0.15, -0.1) is 12.4 Å². The Kier molecular flexibility index (Phi) is 7.15. The van der Waals surface area contributed by atoms with Crippen LogP contribution < -0.4 is 15.4 Å². The van der Waals surface area contributed by atoms with E-state index in [-0.39, 0.29) is 36.7 Å². The van der Waals surface area contributed by atoms with E-state index >= 15 is 0 Å². The monoisotopic (exact) mass is 352 g/mol. The summed E-state index contributed by atoms with van der Waals surface area (Å²) in [6.45, 7) is 3.55. The van der Waals surface area contributed by atoms with Crippen molar-refractivity contribution in [3.8, 4) is 5.75 Å². The average molecular weight is 353 g/mol. The molecule has 0 aromatic heterocycles. The number of halogens is 4. The number of nitrogens with one attached hydrogen (secondary N) is 2. The van der Waals surface area contributed by atoms with Gasteiger partial charge in [-0.1, -0.05) is 6.92 Å². The van der Waals surface area contributed by atoms with Gasteiger partial charge in [0.25, 0.3) is 5.91 Å². The molecule has 0 bridgehead atoms. The molecular formula is C15H20ClF3N2O2. The number of rotatable bonds is 4. The molecule has 1 fully saturated rings. The molecule has 8 heteroatoms. The van der Waals surface area contributed by atoms with Crippen LogP contribution in [-0.4, -0.2) is 31.6 Å². The minimum atomic E-state index is -4.37. The molecule has 1 saturated heterocycles. The predicted molar refractivity (Wildman–Crippen MR) is 82.8 cm³/mol. The molecule has 1 amide bonds. The van der Waals surface area contributed by atoms with Crippen LogP contribution in [-0.2, 0) is 11.0 Å². The summed E-state index contributed by atoms with van der Waals surface area (Å²) in [5, 5.41) is 6.13. The Bertz CT molecular complexity index is 508. The van der Waals surface area contributed by atoms with Crippen LogP contribution in [0.25, 0.3) is 0 Å². The molecule has 0 aliphatic carbocycles. The first-order valence-electron chi connectivity index (χ1n) is 7.16. The SMILES string of the molecule is CC1CNCCC1NC(=O)COc1ccc(C(F)(F)F)cc1.Cl. The van der Waals surface area contributed by atoms with E-state index in [1.54, 1.807) is 0 Å². The van der Waals surface area contributed by atoms with Crippen LogP contribution in [0.5, 0.6) is 5.75 Å². The summed E-state index contributed by atoms with van der Waals surface area (Å²) >= 11 is 0. The molecule has 1 heterocycles. The largest absolute Gasteiger partial charge is 0.484 e. The molecule has 2 unspecified atom stereocenters. The number of alkyl halides is 3. The van der Waals surface area contributed by atoms with Crippen LogP contribution in [0.4, 0.5) is 13.2 Å². The molecule has 1 aliphatic rings. The van der Waals surface area contributed by atoms with Gasteiger partial charge in [0.1, 0.15) is 5.75 Å². The zero-order valence-electron chi connectivity index (χ0n) is 12.7. The molecule has 2 rings (SSSR count). The van der Waals surface area contributed by atoms with E-state index in [2.05, 4.69) is 10.6 Å². The standard InChI is InChI=1S/C15H19F3N2O2.ClH/c1-10-8-19-7-6-13(10)20-14(21)9-22-12-4-2-11(3-5-12)15(16,17)18;/h2-5,10,13,19H,6-9H2,1H3,(H,20,21);1H. The third-order valence-corrected chi connectivity index (χ3v) is 3.68. The summed E-state index contributed by atoms with van der Waals surface area (Å²) in [6.07, 6.45) is -3.52.